The first-order valence-electron chi connectivity index (χ1n) is 5.96. The Morgan fingerprint density at radius 3 is 2.53 bits per heavy atom. The van der Waals surface area contributed by atoms with Gasteiger partial charge in [0.1, 0.15) is 17.0 Å². The zero-order chi connectivity index (χ0) is 13.9. The maximum Gasteiger partial charge on any atom is 0.431 e. The van der Waals surface area contributed by atoms with Crippen LogP contribution < -0.4 is 5.56 Å². The molecule has 1 aliphatic rings. The lowest BCUT2D eigenvalue weighted by molar-refractivity contribution is -0.144. The van der Waals surface area contributed by atoms with Crippen LogP contribution in [0.4, 0.5) is 13.2 Å². The molecule has 1 fully saturated rings. The van der Waals surface area contributed by atoms with Gasteiger partial charge in [-0.25, -0.2) is 4.98 Å². The van der Waals surface area contributed by atoms with Crippen LogP contribution in [-0.2, 0) is 13.2 Å². The molecule has 7 heteroatoms. The summed E-state index contributed by atoms with van der Waals surface area (Å²) >= 11 is 0. The molecule has 0 amide bonds. The minimum atomic E-state index is -4.54. The van der Waals surface area contributed by atoms with Gasteiger partial charge >= 0.3 is 6.18 Å². The zero-order valence-corrected chi connectivity index (χ0v) is 10.5. The molecule has 4 nitrogen and oxygen atoms in total. The molecule has 0 saturated heterocycles. The number of hydrogen-bond donors (Lipinski definition) is 0. The van der Waals surface area contributed by atoms with E-state index >= 15 is 0 Å². The predicted octanol–water partition coefficient (Wildman–Crippen LogP) is 2.40. The van der Waals surface area contributed by atoms with E-state index in [1.165, 1.54) is 4.57 Å². The number of nitrogens with zero attached hydrogens (tertiary/aromatic N) is 3. The molecule has 0 atom stereocenters. The van der Waals surface area contributed by atoms with E-state index in [1.807, 2.05) is 0 Å². The Balaban J connectivity index is 2.44. The Hall–Kier alpha value is -1.79. The maximum atomic E-state index is 13.1. The number of fused-ring (bicyclic) bond motifs is 1. The van der Waals surface area contributed by atoms with Crippen LogP contribution in [0, 0.1) is 6.92 Å². The lowest BCUT2D eigenvalue weighted by Gasteiger charge is -2.15. The monoisotopic (exact) mass is 271 g/mol. The second kappa shape index (κ2) is 3.61. The Kier molecular flexibility index (Phi) is 2.33. The third kappa shape index (κ3) is 1.75. The Bertz CT molecular complexity index is 722. The largest absolute Gasteiger partial charge is 0.431 e. The number of hydrogen-bond acceptors (Lipinski definition) is 2. The molecule has 0 bridgehead atoms. The van der Waals surface area contributed by atoms with E-state index in [9.17, 15) is 18.0 Å². The second-order valence-electron chi connectivity index (χ2n) is 4.89. The van der Waals surface area contributed by atoms with Gasteiger partial charge in [-0.2, -0.15) is 13.2 Å². The third-order valence-electron chi connectivity index (χ3n) is 3.50. The number of aromatic nitrogens is 3. The SMILES string of the molecule is Cc1nc2cc(C(F)(F)F)n(C3CC3)c(=O)c2n1C. The molecule has 0 radical (unpaired) electrons. The van der Waals surface area contributed by atoms with Crippen LogP contribution in [0.2, 0.25) is 0 Å². The molecule has 102 valence electrons. The lowest BCUT2D eigenvalue weighted by atomic mass is 10.2. The molecule has 2 heterocycles. The summed E-state index contributed by atoms with van der Waals surface area (Å²) in [6.07, 6.45) is -3.31. The van der Waals surface area contributed by atoms with Crippen molar-refractivity contribution in [3.63, 3.8) is 0 Å². The molecular weight excluding hydrogens is 259 g/mol. The van der Waals surface area contributed by atoms with Crippen molar-refractivity contribution in [2.75, 3.05) is 0 Å². The zero-order valence-electron chi connectivity index (χ0n) is 10.5. The van der Waals surface area contributed by atoms with Crippen LogP contribution in [-0.4, -0.2) is 14.1 Å². The average molecular weight is 271 g/mol. The number of imidazole rings is 1. The first-order chi connectivity index (χ1) is 8.80. The highest BCUT2D eigenvalue weighted by molar-refractivity contribution is 5.75. The molecule has 2 aromatic rings. The van der Waals surface area contributed by atoms with Gasteiger partial charge in [-0.3, -0.25) is 9.36 Å². The van der Waals surface area contributed by atoms with E-state index < -0.39 is 17.4 Å². The van der Waals surface area contributed by atoms with E-state index in [-0.39, 0.29) is 17.1 Å². The Labute approximate surface area is 106 Å². The van der Waals surface area contributed by atoms with Gasteiger partial charge in [0.25, 0.3) is 5.56 Å². The average Bonchev–Trinajstić information content (AvgIpc) is 3.06. The molecule has 19 heavy (non-hydrogen) atoms. The minimum Gasteiger partial charge on any atom is -0.327 e. The van der Waals surface area contributed by atoms with Gasteiger partial charge in [-0.05, 0) is 25.8 Å². The summed E-state index contributed by atoms with van der Waals surface area (Å²) in [5.74, 6) is 0.522. The molecule has 0 unspecified atom stereocenters. The fraction of sp³-hybridized carbons (Fsp3) is 0.500. The van der Waals surface area contributed by atoms with Crippen molar-refractivity contribution in [2.24, 2.45) is 7.05 Å². The van der Waals surface area contributed by atoms with E-state index in [0.717, 1.165) is 10.6 Å². The fourth-order valence-corrected chi connectivity index (χ4v) is 2.33. The van der Waals surface area contributed by atoms with E-state index in [0.29, 0.717) is 18.7 Å². The first kappa shape index (κ1) is 12.3. The standard InChI is InChI=1S/C12H12F3N3O/c1-6-16-8-5-9(12(13,14)15)18(7-3-4-7)11(19)10(8)17(6)2/h5,7H,3-4H2,1-2H3. The summed E-state index contributed by atoms with van der Waals surface area (Å²) in [7, 11) is 1.64. The third-order valence-corrected chi connectivity index (χ3v) is 3.50. The van der Waals surface area contributed by atoms with E-state index in [1.54, 1.807) is 14.0 Å². The summed E-state index contributed by atoms with van der Waals surface area (Å²) in [6.45, 7) is 1.66. The minimum absolute atomic E-state index is 0.106. The lowest BCUT2D eigenvalue weighted by Crippen LogP contribution is -2.28. The highest BCUT2D eigenvalue weighted by atomic mass is 19.4. The number of alkyl halides is 3. The molecule has 3 rings (SSSR count). The topological polar surface area (TPSA) is 39.8 Å². The van der Waals surface area contributed by atoms with E-state index in [4.69, 9.17) is 0 Å². The van der Waals surface area contributed by atoms with Crippen LogP contribution in [0.5, 0.6) is 0 Å². The molecule has 0 spiro atoms. The smallest absolute Gasteiger partial charge is 0.327 e. The summed E-state index contributed by atoms with van der Waals surface area (Å²) < 4.78 is 41.6. The quantitative estimate of drug-likeness (QED) is 0.799. The second-order valence-corrected chi connectivity index (χ2v) is 4.89. The number of pyridine rings is 1. The number of rotatable bonds is 1. The van der Waals surface area contributed by atoms with Crippen molar-refractivity contribution >= 4 is 11.0 Å². The van der Waals surface area contributed by atoms with Gasteiger partial charge in [0.2, 0.25) is 0 Å². The van der Waals surface area contributed by atoms with Crippen LogP contribution in [0.25, 0.3) is 11.0 Å². The number of halogens is 3. The molecule has 0 aliphatic heterocycles. The Morgan fingerprint density at radius 2 is 2.00 bits per heavy atom. The molecule has 0 aromatic carbocycles. The number of aryl methyl sites for hydroxylation is 2. The molecule has 1 saturated carbocycles. The van der Waals surface area contributed by atoms with Crippen molar-refractivity contribution in [3.05, 3.63) is 27.9 Å². The van der Waals surface area contributed by atoms with Crippen molar-refractivity contribution in [1.82, 2.24) is 14.1 Å². The summed E-state index contributed by atoms with van der Waals surface area (Å²) in [4.78, 5) is 16.3. The van der Waals surface area contributed by atoms with Crippen molar-refractivity contribution < 1.29 is 13.2 Å². The summed E-state index contributed by atoms with van der Waals surface area (Å²) in [5, 5.41) is 0. The molecular formula is C12H12F3N3O. The van der Waals surface area contributed by atoms with Crippen molar-refractivity contribution in [3.8, 4) is 0 Å². The van der Waals surface area contributed by atoms with Crippen LogP contribution in [0.15, 0.2) is 10.9 Å². The van der Waals surface area contributed by atoms with Crippen LogP contribution >= 0.6 is 0 Å². The highest BCUT2D eigenvalue weighted by Gasteiger charge is 2.40. The molecule has 2 aromatic heterocycles. The van der Waals surface area contributed by atoms with Crippen molar-refractivity contribution in [2.45, 2.75) is 32.0 Å². The van der Waals surface area contributed by atoms with Crippen molar-refractivity contribution in [1.29, 1.82) is 0 Å². The predicted molar refractivity (Wildman–Crippen MR) is 63.0 cm³/mol. The fourth-order valence-electron chi connectivity index (χ4n) is 2.33. The van der Waals surface area contributed by atoms with Gasteiger partial charge in [-0.15, -0.1) is 0 Å². The summed E-state index contributed by atoms with van der Waals surface area (Å²) in [6, 6.07) is 0.644. The van der Waals surface area contributed by atoms with Crippen LogP contribution in [0.3, 0.4) is 0 Å². The van der Waals surface area contributed by atoms with Gasteiger partial charge in [0.15, 0.2) is 0 Å². The molecule has 1 aliphatic carbocycles. The maximum absolute atomic E-state index is 13.1. The van der Waals surface area contributed by atoms with E-state index in [2.05, 4.69) is 4.98 Å². The molecule has 0 N–H and O–H groups in total. The van der Waals surface area contributed by atoms with Gasteiger partial charge in [0, 0.05) is 13.1 Å². The van der Waals surface area contributed by atoms with Gasteiger partial charge in [0.05, 0.1) is 5.52 Å². The normalized spacial score (nSPS) is 16.3. The highest BCUT2D eigenvalue weighted by Crippen LogP contribution is 2.39. The van der Waals surface area contributed by atoms with Gasteiger partial charge < -0.3 is 4.57 Å². The first-order valence-corrected chi connectivity index (χ1v) is 5.96. The van der Waals surface area contributed by atoms with Crippen LogP contribution in [0.1, 0.15) is 30.4 Å². The van der Waals surface area contributed by atoms with Gasteiger partial charge in [-0.1, -0.05) is 0 Å². The Morgan fingerprint density at radius 1 is 1.37 bits per heavy atom. The summed E-state index contributed by atoms with van der Waals surface area (Å²) in [5.41, 5.74) is -1.16.